The lowest BCUT2D eigenvalue weighted by Gasteiger charge is -2.15. The third kappa shape index (κ3) is 4.81. The van der Waals surface area contributed by atoms with Crippen LogP contribution in [0.3, 0.4) is 0 Å². The summed E-state index contributed by atoms with van der Waals surface area (Å²) in [6, 6.07) is 71.3. The van der Waals surface area contributed by atoms with E-state index in [4.69, 9.17) is 9.97 Å². The van der Waals surface area contributed by atoms with Crippen molar-refractivity contribution in [3.63, 3.8) is 0 Å². The van der Waals surface area contributed by atoms with Gasteiger partial charge in [0, 0.05) is 37.8 Å². The van der Waals surface area contributed by atoms with Crippen LogP contribution in [0.1, 0.15) is 0 Å². The summed E-state index contributed by atoms with van der Waals surface area (Å²) in [5, 5.41) is 15.9. The van der Waals surface area contributed by atoms with E-state index >= 15 is 0 Å². The van der Waals surface area contributed by atoms with Gasteiger partial charge < -0.3 is 0 Å². The smallest absolute Gasteiger partial charge is 0.156 e. The Labute approximate surface area is 359 Å². The molecule has 4 heteroatoms. The first-order chi connectivity index (χ1) is 30.7. The van der Waals surface area contributed by atoms with E-state index in [-0.39, 0.29) is 0 Å². The number of fused-ring (bicyclic) bond motifs is 16. The molecule has 14 aromatic rings. The molecule has 0 amide bonds. The van der Waals surface area contributed by atoms with Gasteiger partial charge in [-0.3, -0.25) is 9.38 Å². The fraction of sp³-hybridized carbons (Fsp3) is 0. The fourth-order valence-corrected chi connectivity index (χ4v) is 11.6. The minimum atomic E-state index is 1.00. The zero-order chi connectivity index (χ0) is 40.5. The zero-order valence-electron chi connectivity index (χ0n) is 33.3. The molecule has 14 rings (SSSR count). The molecule has 0 spiro atoms. The molecule has 0 bridgehead atoms. The van der Waals surface area contributed by atoms with Gasteiger partial charge in [-0.25, -0.2) is 4.98 Å². The lowest BCUT2D eigenvalue weighted by Crippen LogP contribution is -1.93. The highest BCUT2D eigenvalue weighted by molar-refractivity contribution is 7.27. The van der Waals surface area contributed by atoms with Crippen LogP contribution in [-0.2, 0) is 0 Å². The van der Waals surface area contributed by atoms with Crippen LogP contribution in [0.2, 0.25) is 0 Å². The minimum Gasteiger partial charge on any atom is -0.291 e. The number of imidazole rings is 1. The predicted molar refractivity (Wildman–Crippen MR) is 265 cm³/mol. The maximum Gasteiger partial charge on any atom is 0.156 e. The molecule has 0 saturated heterocycles. The van der Waals surface area contributed by atoms with E-state index in [0.29, 0.717) is 0 Å². The van der Waals surface area contributed by atoms with Crippen molar-refractivity contribution >= 4 is 113 Å². The molecule has 3 nitrogen and oxygen atoms in total. The summed E-state index contributed by atoms with van der Waals surface area (Å²) in [5.74, 6) is 0. The molecule has 62 heavy (non-hydrogen) atoms. The number of benzene rings is 10. The second-order valence-corrected chi connectivity index (χ2v) is 17.5. The average molecular weight is 804 g/mol. The molecule has 0 aliphatic carbocycles. The molecule has 0 N–H and O–H groups in total. The Morgan fingerprint density at radius 3 is 1.87 bits per heavy atom. The maximum atomic E-state index is 5.58. The molecule has 0 atom stereocenters. The molecule has 10 aromatic carbocycles. The van der Waals surface area contributed by atoms with Gasteiger partial charge in [-0.15, -0.1) is 11.3 Å². The first kappa shape index (κ1) is 33.9. The van der Waals surface area contributed by atoms with Gasteiger partial charge in [0.1, 0.15) is 0 Å². The normalized spacial score (nSPS) is 12.2. The summed E-state index contributed by atoms with van der Waals surface area (Å²) in [5.41, 5.74) is 11.3. The van der Waals surface area contributed by atoms with Crippen LogP contribution in [0.4, 0.5) is 0 Å². The van der Waals surface area contributed by atoms with Crippen molar-refractivity contribution in [1.29, 1.82) is 0 Å². The van der Waals surface area contributed by atoms with E-state index < -0.39 is 0 Å². The molecule has 0 radical (unpaired) electrons. The molecular formula is C58H33N3S. The average Bonchev–Trinajstić information content (AvgIpc) is 3.92. The predicted octanol–water partition coefficient (Wildman–Crippen LogP) is 16.2. The van der Waals surface area contributed by atoms with Gasteiger partial charge in [-0.1, -0.05) is 164 Å². The SMILES string of the molecule is c1ccc2cc3c(ccc4c3nc3c5sc6c7ccccc7ccc6c5cc(-c5ccc(-c6ccc(-c7cccc8c7ccc7cccnc78)c7ccccc67)cc5)n43)cc2c1. The third-order valence-electron chi connectivity index (χ3n) is 13.2. The van der Waals surface area contributed by atoms with Crippen LogP contribution in [0.5, 0.6) is 0 Å². The van der Waals surface area contributed by atoms with Gasteiger partial charge in [0.2, 0.25) is 0 Å². The molecule has 4 heterocycles. The van der Waals surface area contributed by atoms with Crippen molar-refractivity contribution < 1.29 is 0 Å². The minimum absolute atomic E-state index is 1.00. The monoisotopic (exact) mass is 803 g/mol. The van der Waals surface area contributed by atoms with E-state index in [1.54, 1.807) is 0 Å². The van der Waals surface area contributed by atoms with Gasteiger partial charge in [-0.2, -0.15) is 0 Å². The molecule has 4 aromatic heterocycles. The summed E-state index contributed by atoms with van der Waals surface area (Å²) in [7, 11) is 0. The summed E-state index contributed by atoms with van der Waals surface area (Å²) >= 11 is 1.86. The Morgan fingerprint density at radius 1 is 0.355 bits per heavy atom. The molecule has 286 valence electrons. The quantitative estimate of drug-likeness (QED) is 0.132. The number of pyridine rings is 2. The first-order valence-corrected chi connectivity index (χ1v) is 22.0. The number of hydrogen-bond donors (Lipinski definition) is 0. The second-order valence-electron chi connectivity index (χ2n) is 16.5. The summed E-state index contributed by atoms with van der Waals surface area (Å²) < 4.78 is 4.93. The van der Waals surface area contributed by atoms with Crippen LogP contribution >= 0.6 is 11.3 Å². The number of rotatable bonds is 3. The van der Waals surface area contributed by atoms with Gasteiger partial charge in [0.15, 0.2) is 5.65 Å². The van der Waals surface area contributed by atoms with Crippen molar-refractivity contribution in [2.45, 2.75) is 0 Å². The van der Waals surface area contributed by atoms with Gasteiger partial charge in [0.25, 0.3) is 0 Å². The molecule has 0 aliphatic heterocycles. The Morgan fingerprint density at radius 2 is 1.00 bits per heavy atom. The Hall–Kier alpha value is -7.92. The number of hydrogen-bond acceptors (Lipinski definition) is 3. The number of nitrogens with zero attached hydrogens (tertiary/aromatic N) is 3. The highest BCUT2D eigenvalue weighted by atomic mass is 32.1. The van der Waals surface area contributed by atoms with Crippen LogP contribution in [0.15, 0.2) is 200 Å². The Kier molecular flexibility index (Phi) is 6.99. The van der Waals surface area contributed by atoms with Crippen LogP contribution < -0.4 is 0 Å². The van der Waals surface area contributed by atoms with E-state index in [2.05, 4.69) is 192 Å². The van der Waals surface area contributed by atoms with Crippen molar-refractivity contribution in [1.82, 2.24) is 14.4 Å². The lowest BCUT2D eigenvalue weighted by atomic mass is 9.89. The number of thiophene rings is 1. The topological polar surface area (TPSA) is 30.2 Å². The van der Waals surface area contributed by atoms with Gasteiger partial charge in [-0.05, 0) is 101 Å². The molecular weight excluding hydrogens is 771 g/mol. The van der Waals surface area contributed by atoms with Crippen LogP contribution in [-0.4, -0.2) is 14.4 Å². The molecule has 0 saturated carbocycles. The standard InChI is InChI=1S/C58H33N3S/c1-2-11-39-32-50-40(31-38(39)10-1)24-29-52-55(50)60-58-57-51(49-26-22-34-9-3-4-13-42(34)56(49)62-57)33-53(61(52)58)36-20-18-35(19-21-36)41-27-28-46(44-15-6-5-14-43(41)44)45-16-7-17-48-47(45)25-23-37-12-8-30-59-54(37)48/h1-33H. The Bertz CT molecular complexity index is 4210. The molecule has 0 unspecified atom stereocenters. The third-order valence-corrected chi connectivity index (χ3v) is 14.4. The lowest BCUT2D eigenvalue weighted by molar-refractivity contribution is 1.25. The highest BCUT2D eigenvalue weighted by Crippen LogP contribution is 2.45. The van der Waals surface area contributed by atoms with Crippen LogP contribution in [0, 0.1) is 0 Å². The largest absolute Gasteiger partial charge is 0.291 e. The van der Waals surface area contributed by atoms with E-state index in [0.717, 1.165) is 38.8 Å². The summed E-state index contributed by atoms with van der Waals surface area (Å²) in [6.45, 7) is 0. The van der Waals surface area contributed by atoms with Crippen molar-refractivity contribution in [3.8, 4) is 33.5 Å². The fourth-order valence-electron chi connectivity index (χ4n) is 10.3. The second kappa shape index (κ2) is 12.8. The summed E-state index contributed by atoms with van der Waals surface area (Å²) in [4.78, 5) is 10.3. The van der Waals surface area contributed by atoms with Crippen LogP contribution in [0.25, 0.3) is 135 Å². The Balaban J connectivity index is 0.970. The molecule has 0 aliphatic rings. The maximum absolute atomic E-state index is 5.58. The molecule has 0 fully saturated rings. The number of aromatic nitrogens is 3. The zero-order valence-corrected chi connectivity index (χ0v) is 34.1. The van der Waals surface area contributed by atoms with E-state index in [9.17, 15) is 0 Å². The van der Waals surface area contributed by atoms with Crippen molar-refractivity contribution in [3.05, 3.63) is 200 Å². The highest BCUT2D eigenvalue weighted by Gasteiger charge is 2.21. The summed E-state index contributed by atoms with van der Waals surface area (Å²) in [6.07, 6.45) is 1.89. The van der Waals surface area contributed by atoms with Gasteiger partial charge in [0.05, 0.1) is 26.9 Å². The van der Waals surface area contributed by atoms with Crippen molar-refractivity contribution in [2.24, 2.45) is 0 Å². The van der Waals surface area contributed by atoms with Gasteiger partial charge >= 0.3 is 0 Å². The van der Waals surface area contributed by atoms with Crippen molar-refractivity contribution in [2.75, 3.05) is 0 Å². The van der Waals surface area contributed by atoms with E-state index in [1.165, 1.54) is 96.3 Å². The first-order valence-electron chi connectivity index (χ1n) is 21.1. The van der Waals surface area contributed by atoms with E-state index in [1.807, 2.05) is 23.6 Å².